The highest BCUT2D eigenvalue weighted by Gasteiger charge is 2.11. The lowest BCUT2D eigenvalue weighted by Crippen LogP contribution is -2.27. The van der Waals surface area contributed by atoms with Crippen LogP contribution in [0.15, 0.2) is 53.1 Å². The van der Waals surface area contributed by atoms with Gasteiger partial charge in [-0.2, -0.15) is 0 Å². The number of carboxylic acids is 1. The van der Waals surface area contributed by atoms with Crippen molar-refractivity contribution in [3.63, 3.8) is 0 Å². The maximum Gasteiger partial charge on any atom is 0.335 e. The number of carbonyl (C=O) groups is 2. The minimum absolute atomic E-state index is 0.145. The molecule has 1 aromatic heterocycles. The number of benzene rings is 2. The fourth-order valence-corrected chi connectivity index (χ4v) is 2.49. The van der Waals surface area contributed by atoms with E-state index in [0.717, 1.165) is 10.9 Å². The van der Waals surface area contributed by atoms with Gasteiger partial charge in [0.15, 0.2) is 5.58 Å². The number of rotatable bonds is 6. The second-order valence-electron chi connectivity index (χ2n) is 5.41. The average Bonchev–Trinajstić information content (AvgIpc) is 2.98. The molecule has 3 rings (SSSR count). The Hall–Kier alpha value is -3.15. The predicted molar refractivity (Wildman–Crippen MR) is 87.8 cm³/mol. The Bertz CT molecular complexity index is 885. The highest BCUT2D eigenvalue weighted by molar-refractivity contribution is 5.88. The van der Waals surface area contributed by atoms with Gasteiger partial charge in [-0.3, -0.25) is 4.79 Å². The number of carbonyl (C=O) groups excluding carboxylic acids is 1. The molecule has 0 aliphatic rings. The molecule has 0 unspecified atom stereocenters. The van der Waals surface area contributed by atoms with Crippen LogP contribution in [0.2, 0.25) is 0 Å². The standard InChI is InChI=1S/C18H16N2O4/c21-17(11-15-14-6-1-2-7-16(14)24-20-15)19-9-8-12-4-3-5-13(10-12)18(22)23/h1-7,10H,8-9,11H2,(H,19,21)(H,22,23). The second kappa shape index (κ2) is 6.95. The van der Waals surface area contributed by atoms with Crippen molar-refractivity contribution in [1.82, 2.24) is 10.5 Å². The van der Waals surface area contributed by atoms with Gasteiger partial charge in [0.05, 0.1) is 12.0 Å². The van der Waals surface area contributed by atoms with Gasteiger partial charge >= 0.3 is 5.97 Å². The first-order valence-corrected chi connectivity index (χ1v) is 7.56. The zero-order valence-electron chi connectivity index (χ0n) is 12.9. The first-order valence-electron chi connectivity index (χ1n) is 7.56. The van der Waals surface area contributed by atoms with Crippen molar-refractivity contribution in [3.05, 3.63) is 65.4 Å². The molecule has 0 saturated carbocycles. The molecule has 0 radical (unpaired) electrons. The summed E-state index contributed by atoms with van der Waals surface area (Å²) < 4.78 is 5.17. The highest BCUT2D eigenvalue weighted by atomic mass is 16.5. The van der Waals surface area contributed by atoms with Crippen LogP contribution in [0.1, 0.15) is 21.6 Å². The van der Waals surface area contributed by atoms with E-state index in [9.17, 15) is 9.59 Å². The van der Waals surface area contributed by atoms with Crippen molar-refractivity contribution < 1.29 is 19.2 Å². The van der Waals surface area contributed by atoms with E-state index in [4.69, 9.17) is 9.63 Å². The Balaban J connectivity index is 1.54. The van der Waals surface area contributed by atoms with Crippen LogP contribution < -0.4 is 5.32 Å². The second-order valence-corrected chi connectivity index (χ2v) is 5.41. The molecule has 0 fully saturated rings. The molecule has 0 aliphatic heterocycles. The number of hydrogen-bond acceptors (Lipinski definition) is 4. The van der Waals surface area contributed by atoms with Gasteiger partial charge in [0.1, 0.15) is 5.69 Å². The average molecular weight is 324 g/mol. The van der Waals surface area contributed by atoms with Crippen LogP contribution in [0.4, 0.5) is 0 Å². The van der Waals surface area contributed by atoms with Crippen LogP contribution in [0.3, 0.4) is 0 Å². The molecule has 0 spiro atoms. The molecule has 24 heavy (non-hydrogen) atoms. The first kappa shape index (κ1) is 15.7. The Labute approximate surface area is 138 Å². The lowest BCUT2D eigenvalue weighted by molar-refractivity contribution is -0.120. The summed E-state index contributed by atoms with van der Waals surface area (Å²) in [5, 5.41) is 16.5. The van der Waals surface area contributed by atoms with Gasteiger partial charge in [-0.05, 0) is 36.2 Å². The summed E-state index contributed by atoms with van der Waals surface area (Å²) in [5.74, 6) is -1.11. The fourth-order valence-electron chi connectivity index (χ4n) is 2.49. The van der Waals surface area contributed by atoms with Crippen LogP contribution in [0, 0.1) is 0 Å². The summed E-state index contributed by atoms with van der Waals surface area (Å²) >= 11 is 0. The number of carboxylic acid groups (broad SMARTS) is 1. The van der Waals surface area contributed by atoms with E-state index in [-0.39, 0.29) is 17.9 Å². The van der Waals surface area contributed by atoms with Gasteiger partial charge in [0.2, 0.25) is 5.91 Å². The molecule has 0 atom stereocenters. The number of hydrogen-bond donors (Lipinski definition) is 2. The molecular weight excluding hydrogens is 308 g/mol. The van der Waals surface area contributed by atoms with E-state index in [1.807, 2.05) is 24.3 Å². The lowest BCUT2D eigenvalue weighted by Gasteiger charge is -2.05. The third-order valence-electron chi connectivity index (χ3n) is 3.69. The van der Waals surface area contributed by atoms with Crippen LogP contribution in [-0.4, -0.2) is 28.7 Å². The number of amides is 1. The number of para-hydroxylation sites is 1. The van der Waals surface area contributed by atoms with E-state index >= 15 is 0 Å². The molecule has 0 saturated heterocycles. The summed E-state index contributed by atoms with van der Waals surface area (Å²) in [6, 6.07) is 14.1. The van der Waals surface area contributed by atoms with E-state index in [1.165, 1.54) is 0 Å². The Kier molecular flexibility index (Phi) is 4.56. The summed E-state index contributed by atoms with van der Waals surface area (Å²) in [6.45, 7) is 0.428. The summed E-state index contributed by atoms with van der Waals surface area (Å²) in [4.78, 5) is 23.0. The normalized spacial score (nSPS) is 10.7. The molecule has 0 bridgehead atoms. The SMILES string of the molecule is O=C(Cc1noc2ccccc12)NCCc1cccc(C(=O)O)c1. The van der Waals surface area contributed by atoms with Crippen LogP contribution >= 0.6 is 0 Å². The van der Waals surface area contributed by atoms with Gasteiger partial charge in [0.25, 0.3) is 0 Å². The van der Waals surface area contributed by atoms with Crippen molar-refractivity contribution in [2.45, 2.75) is 12.8 Å². The molecule has 2 N–H and O–H groups in total. The molecule has 6 heteroatoms. The number of fused-ring (bicyclic) bond motifs is 1. The maximum atomic E-state index is 12.0. The molecule has 2 aromatic carbocycles. The van der Waals surface area contributed by atoms with E-state index in [0.29, 0.717) is 24.2 Å². The van der Waals surface area contributed by atoms with E-state index in [2.05, 4.69) is 10.5 Å². The maximum absolute atomic E-state index is 12.0. The van der Waals surface area contributed by atoms with Crippen molar-refractivity contribution in [2.75, 3.05) is 6.54 Å². The summed E-state index contributed by atoms with van der Waals surface area (Å²) in [7, 11) is 0. The third-order valence-corrected chi connectivity index (χ3v) is 3.69. The zero-order valence-corrected chi connectivity index (χ0v) is 12.9. The van der Waals surface area contributed by atoms with Crippen molar-refractivity contribution >= 4 is 22.8 Å². The van der Waals surface area contributed by atoms with Gasteiger partial charge in [-0.1, -0.05) is 29.4 Å². The van der Waals surface area contributed by atoms with Gasteiger partial charge < -0.3 is 14.9 Å². The number of nitrogens with one attached hydrogen (secondary N) is 1. The molecule has 1 heterocycles. The Morgan fingerprint density at radius 2 is 1.96 bits per heavy atom. The minimum atomic E-state index is -0.959. The van der Waals surface area contributed by atoms with Gasteiger partial charge in [-0.15, -0.1) is 0 Å². The summed E-state index contributed by atoms with van der Waals surface area (Å²) in [6.07, 6.45) is 0.707. The molecular formula is C18H16N2O4. The van der Waals surface area contributed by atoms with Crippen LogP contribution in [0.25, 0.3) is 11.0 Å². The van der Waals surface area contributed by atoms with Gasteiger partial charge in [-0.25, -0.2) is 4.79 Å². The molecule has 6 nitrogen and oxygen atoms in total. The third kappa shape index (κ3) is 3.60. The smallest absolute Gasteiger partial charge is 0.335 e. The van der Waals surface area contributed by atoms with Crippen LogP contribution in [0.5, 0.6) is 0 Å². The van der Waals surface area contributed by atoms with Crippen molar-refractivity contribution in [2.24, 2.45) is 0 Å². The monoisotopic (exact) mass is 324 g/mol. The van der Waals surface area contributed by atoms with Crippen LogP contribution in [-0.2, 0) is 17.6 Å². The first-order chi connectivity index (χ1) is 11.6. The summed E-state index contributed by atoms with van der Waals surface area (Å²) in [5.41, 5.74) is 2.37. The number of aromatic nitrogens is 1. The number of nitrogens with zero attached hydrogens (tertiary/aromatic N) is 1. The van der Waals surface area contributed by atoms with Crippen molar-refractivity contribution in [1.29, 1.82) is 0 Å². The van der Waals surface area contributed by atoms with E-state index < -0.39 is 5.97 Å². The minimum Gasteiger partial charge on any atom is -0.478 e. The predicted octanol–water partition coefficient (Wildman–Crippen LogP) is 2.43. The Morgan fingerprint density at radius 1 is 1.12 bits per heavy atom. The number of aromatic carboxylic acids is 1. The quantitative estimate of drug-likeness (QED) is 0.726. The topological polar surface area (TPSA) is 92.4 Å². The largest absolute Gasteiger partial charge is 0.478 e. The highest BCUT2D eigenvalue weighted by Crippen LogP contribution is 2.17. The Morgan fingerprint density at radius 3 is 2.79 bits per heavy atom. The molecule has 0 aliphatic carbocycles. The van der Waals surface area contributed by atoms with E-state index in [1.54, 1.807) is 24.3 Å². The zero-order chi connectivity index (χ0) is 16.9. The lowest BCUT2D eigenvalue weighted by atomic mass is 10.1. The molecule has 3 aromatic rings. The van der Waals surface area contributed by atoms with Gasteiger partial charge in [0, 0.05) is 11.9 Å². The fraction of sp³-hybridized carbons (Fsp3) is 0.167. The molecule has 1 amide bonds. The van der Waals surface area contributed by atoms with Crippen molar-refractivity contribution in [3.8, 4) is 0 Å². The molecule has 122 valence electrons.